The van der Waals surface area contributed by atoms with Crippen LogP contribution in [0.5, 0.6) is 0 Å². The third-order valence-electron chi connectivity index (χ3n) is 5.09. The number of aromatic nitrogens is 3. The highest BCUT2D eigenvalue weighted by atomic mass is 127. The predicted octanol–water partition coefficient (Wildman–Crippen LogP) is 1.65. The molecule has 172 valence electrons. The zero-order valence-electron chi connectivity index (χ0n) is 18.0. The molecule has 3 rings (SSSR count). The first-order valence-corrected chi connectivity index (χ1v) is 12.4. The summed E-state index contributed by atoms with van der Waals surface area (Å²) in [6, 6.07) is 8.43. The molecule has 0 radical (unpaired) electrons. The third-order valence-corrected chi connectivity index (χ3v) is 6.01. The molecule has 1 aliphatic heterocycles. The summed E-state index contributed by atoms with van der Waals surface area (Å²) in [6.07, 6.45) is 4.73. The van der Waals surface area contributed by atoms with Crippen LogP contribution in [0.4, 0.5) is 0 Å². The standard InChI is InChI=1S/C20H31N7O2S.HI/c1-3-21-20(25-18-7-9-27(10-8-18)11-12-30(2,28)29)22-14-16-5-4-6-17(13-16)19-23-15-24-26-19;/h4-6,13,15,18H,3,7-12,14H2,1-2H3,(H2,21,22,25)(H,23,24,26);1H. The number of benzene rings is 1. The van der Waals surface area contributed by atoms with Gasteiger partial charge in [-0.2, -0.15) is 5.10 Å². The molecule has 0 aliphatic carbocycles. The lowest BCUT2D eigenvalue weighted by molar-refractivity contribution is 0.216. The van der Waals surface area contributed by atoms with Crippen LogP contribution in [0, 0.1) is 0 Å². The van der Waals surface area contributed by atoms with Crippen LogP contribution in [0.25, 0.3) is 11.4 Å². The number of nitrogens with one attached hydrogen (secondary N) is 3. The van der Waals surface area contributed by atoms with Crippen molar-refractivity contribution in [1.82, 2.24) is 30.7 Å². The smallest absolute Gasteiger partial charge is 0.191 e. The van der Waals surface area contributed by atoms with E-state index in [4.69, 9.17) is 4.99 Å². The maximum Gasteiger partial charge on any atom is 0.191 e. The molecule has 0 bridgehead atoms. The Morgan fingerprint density at radius 2 is 2.10 bits per heavy atom. The summed E-state index contributed by atoms with van der Waals surface area (Å²) in [5.74, 6) is 1.77. The monoisotopic (exact) mass is 561 g/mol. The Bertz CT molecular complexity index is 927. The summed E-state index contributed by atoms with van der Waals surface area (Å²) < 4.78 is 22.7. The summed E-state index contributed by atoms with van der Waals surface area (Å²) in [5, 5.41) is 13.6. The van der Waals surface area contributed by atoms with Gasteiger partial charge in [-0.25, -0.2) is 18.4 Å². The van der Waals surface area contributed by atoms with Crippen LogP contribution in [0.15, 0.2) is 35.6 Å². The molecule has 2 heterocycles. The minimum Gasteiger partial charge on any atom is -0.357 e. The maximum atomic E-state index is 11.4. The van der Waals surface area contributed by atoms with E-state index in [1.807, 2.05) is 18.2 Å². The van der Waals surface area contributed by atoms with Gasteiger partial charge in [0.15, 0.2) is 11.8 Å². The number of likely N-dealkylation sites (tertiary alicyclic amines) is 1. The zero-order valence-corrected chi connectivity index (χ0v) is 21.2. The van der Waals surface area contributed by atoms with Crippen molar-refractivity contribution in [2.24, 2.45) is 4.99 Å². The second-order valence-corrected chi connectivity index (χ2v) is 9.88. The van der Waals surface area contributed by atoms with E-state index in [2.05, 4.69) is 43.7 Å². The lowest BCUT2D eigenvalue weighted by Gasteiger charge is -2.32. The second kappa shape index (κ2) is 12.3. The van der Waals surface area contributed by atoms with Gasteiger partial charge in [0, 0.05) is 44.0 Å². The van der Waals surface area contributed by atoms with Crippen LogP contribution in [0.1, 0.15) is 25.3 Å². The molecule has 3 N–H and O–H groups in total. The van der Waals surface area contributed by atoms with E-state index in [0.717, 1.165) is 55.4 Å². The summed E-state index contributed by atoms with van der Waals surface area (Å²) >= 11 is 0. The van der Waals surface area contributed by atoms with Gasteiger partial charge in [-0.1, -0.05) is 18.2 Å². The zero-order chi connectivity index (χ0) is 21.4. The van der Waals surface area contributed by atoms with Crippen LogP contribution >= 0.6 is 24.0 Å². The molecular weight excluding hydrogens is 529 g/mol. The number of hydrogen-bond donors (Lipinski definition) is 3. The van der Waals surface area contributed by atoms with Crippen LogP contribution in [0.3, 0.4) is 0 Å². The first-order valence-electron chi connectivity index (χ1n) is 10.3. The van der Waals surface area contributed by atoms with Crippen molar-refractivity contribution in [3.05, 3.63) is 36.2 Å². The fraction of sp³-hybridized carbons (Fsp3) is 0.550. The minimum atomic E-state index is -2.91. The molecule has 1 aromatic carbocycles. The topological polar surface area (TPSA) is 115 Å². The lowest BCUT2D eigenvalue weighted by Crippen LogP contribution is -2.49. The maximum absolute atomic E-state index is 11.4. The van der Waals surface area contributed by atoms with Crippen molar-refractivity contribution >= 4 is 39.8 Å². The van der Waals surface area contributed by atoms with Crippen LogP contribution in [0.2, 0.25) is 0 Å². The Morgan fingerprint density at radius 1 is 1.32 bits per heavy atom. The van der Waals surface area contributed by atoms with Gasteiger partial charge in [0.25, 0.3) is 0 Å². The van der Waals surface area contributed by atoms with E-state index >= 15 is 0 Å². The lowest BCUT2D eigenvalue weighted by atomic mass is 10.1. The average Bonchev–Trinajstić information content (AvgIpc) is 3.26. The number of H-pyrrole nitrogens is 1. The Balaban J connectivity index is 0.00000341. The van der Waals surface area contributed by atoms with Crippen LogP contribution < -0.4 is 10.6 Å². The van der Waals surface area contributed by atoms with Gasteiger partial charge in [0.05, 0.1) is 12.3 Å². The van der Waals surface area contributed by atoms with Gasteiger partial charge >= 0.3 is 0 Å². The first kappa shape index (κ1) is 25.5. The molecular formula is C20H32IN7O2S. The average molecular weight is 561 g/mol. The normalized spacial score (nSPS) is 16.0. The fourth-order valence-corrected chi connectivity index (χ4v) is 4.03. The Morgan fingerprint density at radius 3 is 2.74 bits per heavy atom. The molecule has 0 saturated carbocycles. The van der Waals surface area contributed by atoms with Gasteiger partial charge in [0.2, 0.25) is 0 Å². The Kier molecular flexibility index (Phi) is 10.2. The molecule has 0 unspecified atom stereocenters. The van der Waals surface area contributed by atoms with Crippen molar-refractivity contribution in [3.8, 4) is 11.4 Å². The first-order chi connectivity index (χ1) is 14.4. The number of hydrogen-bond acceptors (Lipinski definition) is 6. The largest absolute Gasteiger partial charge is 0.357 e. The fourth-order valence-electron chi connectivity index (χ4n) is 3.44. The molecule has 11 heteroatoms. The molecule has 2 aromatic rings. The third kappa shape index (κ3) is 8.73. The van der Waals surface area contributed by atoms with Crippen molar-refractivity contribution in [1.29, 1.82) is 0 Å². The number of aliphatic imine (C=N–C) groups is 1. The highest BCUT2D eigenvalue weighted by Crippen LogP contribution is 2.16. The quantitative estimate of drug-likeness (QED) is 0.255. The summed E-state index contributed by atoms with van der Waals surface area (Å²) in [7, 11) is -2.91. The molecule has 0 amide bonds. The molecule has 1 aromatic heterocycles. The van der Waals surface area contributed by atoms with E-state index in [1.54, 1.807) is 0 Å². The van der Waals surface area contributed by atoms with Crippen molar-refractivity contribution in [2.45, 2.75) is 32.4 Å². The highest BCUT2D eigenvalue weighted by molar-refractivity contribution is 14.0. The molecule has 0 spiro atoms. The van der Waals surface area contributed by atoms with E-state index in [0.29, 0.717) is 19.1 Å². The molecule has 0 atom stereocenters. The Labute approximate surface area is 201 Å². The molecule has 1 fully saturated rings. The van der Waals surface area contributed by atoms with E-state index < -0.39 is 9.84 Å². The van der Waals surface area contributed by atoms with Gasteiger partial charge in [-0.15, -0.1) is 24.0 Å². The van der Waals surface area contributed by atoms with Gasteiger partial charge in [0.1, 0.15) is 16.2 Å². The van der Waals surface area contributed by atoms with Gasteiger partial charge < -0.3 is 15.5 Å². The highest BCUT2D eigenvalue weighted by Gasteiger charge is 2.20. The number of rotatable bonds is 8. The summed E-state index contributed by atoms with van der Waals surface area (Å²) in [5.41, 5.74) is 2.08. The molecule has 31 heavy (non-hydrogen) atoms. The molecule has 1 saturated heterocycles. The molecule has 9 nitrogen and oxygen atoms in total. The number of nitrogens with zero attached hydrogens (tertiary/aromatic N) is 4. The summed E-state index contributed by atoms with van der Waals surface area (Å²) in [6.45, 7) is 5.80. The van der Waals surface area contributed by atoms with Crippen molar-refractivity contribution < 1.29 is 8.42 Å². The molecule has 1 aliphatic rings. The second-order valence-electron chi connectivity index (χ2n) is 7.62. The number of aromatic amines is 1. The van der Waals surface area contributed by atoms with Crippen molar-refractivity contribution in [3.63, 3.8) is 0 Å². The Hall–Kier alpha value is -1.73. The summed E-state index contributed by atoms with van der Waals surface area (Å²) in [4.78, 5) is 11.2. The van der Waals surface area contributed by atoms with E-state index in [1.165, 1.54) is 12.6 Å². The number of guanidine groups is 1. The number of sulfone groups is 1. The number of piperidine rings is 1. The van der Waals surface area contributed by atoms with E-state index in [-0.39, 0.29) is 29.7 Å². The van der Waals surface area contributed by atoms with E-state index in [9.17, 15) is 8.42 Å². The van der Waals surface area contributed by atoms with Crippen molar-refractivity contribution in [2.75, 3.05) is 38.2 Å². The van der Waals surface area contributed by atoms with Gasteiger partial charge in [-0.3, -0.25) is 5.10 Å². The minimum absolute atomic E-state index is 0. The van der Waals surface area contributed by atoms with Crippen LogP contribution in [-0.2, 0) is 16.4 Å². The number of halogens is 1. The van der Waals surface area contributed by atoms with Crippen LogP contribution in [-0.4, -0.2) is 78.7 Å². The SMILES string of the molecule is CCNC(=NCc1cccc(-c2ncn[nH]2)c1)NC1CCN(CCS(C)(=O)=O)CC1.I. The predicted molar refractivity (Wildman–Crippen MR) is 134 cm³/mol. The van der Waals surface area contributed by atoms with Gasteiger partial charge in [-0.05, 0) is 31.4 Å².